The van der Waals surface area contributed by atoms with Gasteiger partial charge in [-0.05, 0) is 50.6 Å². The fraction of sp³-hybridized carbons (Fsp3) is 0.562. The van der Waals surface area contributed by atoms with Crippen LogP contribution in [0.15, 0.2) is 18.2 Å². The molecule has 1 saturated heterocycles. The highest BCUT2D eigenvalue weighted by atomic mass is 35.5. The molecule has 2 atom stereocenters. The lowest BCUT2D eigenvalue weighted by atomic mass is 10.0. The standard InChI is InChI=1S/C16H24N2O3.ClH/c1-11(18-16(19)8-12-6-7-17-10-12)14-9-13(20-2)4-5-15(14)21-3;/h4-5,9,11-12,17H,6-8,10H2,1-3H3,(H,18,19);1H. The fourth-order valence-electron chi connectivity index (χ4n) is 2.71. The summed E-state index contributed by atoms with van der Waals surface area (Å²) in [4.78, 5) is 12.1. The molecule has 2 rings (SSSR count). The number of halogens is 1. The number of nitrogens with one attached hydrogen (secondary N) is 2. The van der Waals surface area contributed by atoms with Gasteiger partial charge in [0.25, 0.3) is 0 Å². The summed E-state index contributed by atoms with van der Waals surface area (Å²) in [7, 11) is 3.26. The van der Waals surface area contributed by atoms with Gasteiger partial charge in [-0.1, -0.05) is 0 Å². The van der Waals surface area contributed by atoms with Gasteiger partial charge in [0.15, 0.2) is 0 Å². The Bertz CT molecular complexity index is 490. The maximum atomic E-state index is 12.1. The molecule has 0 aromatic heterocycles. The predicted molar refractivity (Wildman–Crippen MR) is 88.9 cm³/mol. The topological polar surface area (TPSA) is 59.6 Å². The first kappa shape index (κ1) is 18.6. The monoisotopic (exact) mass is 328 g/mol. The van der Waals surface area contributed by atoms with Gasteiger partial charge in [0.1, 0.15) is 11.5 Å². The molecule has 1 fully saturated rings. The van der Waals surface area contributed by atoms with Crippen molar-refractivity contribution in [2.75, 3.05) is 27.3 Å². The normalized spacial score (nSPS) is 18.2. The molecule has 22 heavy (non-hydrogen) atoms. The summed E-state index contributed by atoms with van der Waals surface area (Å²) >= 11 is 0. The van der Waals surface area contributed by atoms with Crippen LogP contribution in [0.2, 0.25) is 0 Å². The molecule has 0 aliphatic carbocycles. The summed E-state index contributed by atoms with van der Waals surface area (Å²) in [6.07, 6.45) is 1.65. The molecule has 1 aliphatic heterocycles. The number of ether oxygens (including phenoxy) is 2. The Hall–Kier alpha value is -1.46. The van der Waals surface area contributed by atoms with Crippen LogP contribution in [-0.2, 0) is 4.79 Å². The average Bonchev–Trinajstić information content (AvgIpc) is 2.99. The third-order valence-corrected chi connectivity index (χ3v) is 3.92. The number of methoxy groups -OCH3 is 2. The second-order valence-corrected chi connectivity index (χ2v) is 5.46. The maximum absolute atomic E-state index is 12.1. The summed E-state index contributed by atoms with van der Waals surface area (Å²) in [5.41, 5.74) is 0.926. The first-order chi connectivity index (χ1) is 10.1. The highest BCUT2D eigenvalue weighted by Crippen LogP contribution is 2.29. The van der Waals surface area contributed by atoms with Gasteiger partial charge in [0.05, 0.1) is 20.3 Å². The summed E-state index contributed by atoms with van der Waals surface area (Å²) in [5, 5.41) is 6.33. The van der Waals surface area contributed by atoms with Crippen molar-refractivity contribution < 1.29 is 14.3 Å². The lowest BCUT2D eigenvalue weighted by molar-refractivity contribution is -0.122. The van der Waals surface area contributed by atoms with Gasteiger partial charge in [0, 0.05) is 12.0 Å². The zero-order valence-corrected chi connectivity index (χ0v) is 14.2. The van der Waals surface area contributed by atoms with Gasteiger partial charge in [-0.3, -0.25) is 4.79 Å². The van der Waals surface area contributed by atoms with E-state index in [2.05, 4.69) is 10.6 Å². The fourth-order valence-corrected chi connectivity index (χ4v) is 2.71. The quantitative estimate of drug-likeness (QED) is 0.841. The Labute approximate surface area is 138 Å². The van der Waals surface area contributed by atoms with E-state index in [1.165, 1.54) is 0 Å². The van der Waals surface area contributed by atoms with Crippen LogP contribution >= 0.6 is 12.4 Å². The predicted octanol–water partition coefficient (Wildman–Crippen LogP) is 2.30. The molecular weight excluding hydrogens is 304 g/mol. The maximum Gasteiger partial charge on any atom is 0.220 e. The Morgan fingerprint density at radius 2 is 2.18 bits per heavy atom. The van der Waals surface area contributed by atoms with E-state index in [0.29, 0.717) is 12.3 Å². The van der Waals surface area contributed by atoms with Crippen LogP contribution in [0, 0.1) is 5.92 Å². The van der Waals surface area contributed by atoms with E-state index in [9.17, 15) is 4.79 Å². The Morgan fingerprint density at radius 3 is 2.77 bits per heavy atom. The van der Waals surface area contributed by atoms with Gasteiger partial charge in [-0.2, -0.15) is 0 Å². The number of benzene rings is 1. The van der Waals surface area contributed by atoms with Crippen molar-refractivity contribution in [3.8, 4) is 11.5 Å². The van der Waals surface area contributed by atoms with Crippen molar-refractivity contribution in [1.29, 1.82) is 0 Å². The van der Waals surface area contributed by atoms with Gasteiger partial charge in [-0.25, -0.2) is 0 Å². The lowest BCUT2D eigenvalue weighted by Crippen LogP contribution is -2.29. The number of carbonyl (C=O) groups excluding carboxylic acids is 1. The molecule has 0 spiro atoms. The molecule has 6 heteroatoms. The highest BCUT2D eigenvalue weighted by Gasteiger charge is 2.20. The van der Waals surface area contributed by atoms with E-state index in [1.54, 1.807) is 14.2 Å². The highest BCUT2D eigenvalue weighted by molar-refractivity contribution is 5.85. The molecule has 0 radical (unpaired) electrons. The van der Waals surface area contributed by atoms with Crippen LogP contribution in [0.1, 0.15) is 31.4 Å². The summed E-state index contributed by atoms with van der Waals surface area (Å²) in [5.74, 6) is 2.04. The molecule has 0 bridgehead atoms. The van der Waals surface area contributed by atoms with Crippen LogP contribution in [0.3, 0.4) is 0 Å². The second-order valence-electron chi connectivity index (χ2n) is 5.46. The number of hydrogen-bond donors (Lipinski definition) is 2. The van der Waals surface area contributed by atoms with Gasteiger partial charge >= 0.3 is 0 Å². The van der Waals surface area contributed by atoms with E-state index < -0.39 is 0 Å². The van der Waals surface area contributed by atoms with E-state index >= 15 is 0 Å². The molecule has 1 heterocycles. The van der Waals surface area contributed by atoms with Crippen LogP contribution < -0.4 is 20.1 Å². The van der Waals surface area contributed by atoms with Crippen LogP contribution in [-0.4, -0.2) is 33.2 Å². The third kappa shape index (κ3) is 4.78. The first-order valence-corrected chi connectivity index (χ1v) is 7.36. The van der Waals surface area contributed by atoms with E-state index in [4.69, 9.17) is 9.47 Å². The van der Waals surface area contributed by atoms with E-state index in [0.717, 1.165) is 36.6 Å². The molecule has 1 amide bonds. The average molecular weight is 329 g/mol. The van der Waals surface area contributed by atoms with Crippen molar-refractivity contribution in [2.45, 2.75) is 25.8 Å². The molecular formula is C16H25ClN2O3. The van der Waals surface area contributed by atoms with Crippen LogP contribution in [0.4, 0.5) is 0 Å². The minimum Gasteiger partial charge on any atom is -0.497 e. The number of hydrogen-bond acceptors (Lipinski definition) is 4. The Kier molecular flexibility index (Phi) is 7.48. The van der Waals surface area contributed by atoms with Gasteiger partial charge < -0.3 is 20.1 Å². The molecule has 1 aromatic carbocycles. The van der Waals surface area contributed by atoms with Crippen LogP contribution in [0.25, 0.3) is 0 Å². The third-order valence-electron chi connectivity index (χ3n) is 3.92. The Morgan fingerprint density at radius 1 is 1.41 bits per heavy atom. The summed E-state index contributed by atoms with van der Waals surface area (Å²) < 4.78 is 10.6. The van der Waals surface area contributed by atoms with Crippen molar-refractivity contribution in [1.82, 2.24) is 10.6 Å². The minimum atomic E-state index is -0.114. The van der Waals surface area contributed by atoms with Crippen LogP contribution in [0.5, 0.6) is 11.5 Å². The van der Waals surface area contributed by atoms with Crippen molar-refractivity contribution in [3.05, 3.63) is 23.8 Å². The molecule has 2 unspecified atom stereocenters. The largest absolute Gasteiger partial charge is 0.497 e. The molecule has 1 aliphatic rings. The zero-order chi connectivity index (χ0) is 15.2. The summed E-state index contributed by atoms with van der Waals surface area (Å²) in [6, 6.07) is 5.50. The van der Waals surface area contributed by atoms with Crippen molar-refractivity contribution >= 4 is 18.3 Å². The SMILES string of the molecule is COc1ccc(OC)c(C(C)NC(=O)CC2CCNC2)c1.Cl. The molecule has 1 aromatic rings. The number of carbonyl (C=O) groups is 1. The summed E-state index contributed by atoms with van der Waals surface area (Å²) in [6.45, 7) is 3.91. The molecule has 0 saturated carbocycles. The molecule has 124 valence electrons. The van der Waals surface area contributed by atoms with Gasteiger partial charge in [0.2, 0.25) is 5.91 Å². The number of amides is 1. The first-order valence-electron chi connectivity index (χ1n) is 7.36. The van der Waals surface area contributed by atoms with E-state index in [1.807, 2.05) is 25.1 Å². The van der Waals surface area contributed by atoms with E-state index in [-0.39, 0.29) is 24.4 Å². The number of rotatable bonds is 6. The van der Waals surface area contributed by atoms with Crippen molar-refractivity contribution in [2.24, 2.45) is 5.92 Å². The van der Waals surface area contributed by atoms with Crippen molar-refractivity contribution in [3.63, 3.8) is 0 Å². The zero-order valence-electron chi connectivity index (χ0n) is 13.3. The molecule has 2 N–H and O–H groups in total. The minimum absolute atomic E-state index is 0. The smallest absolute Gasteiger partial charge is 0.220 e. The lowest BCUT2D eigenvalue weighted by Gasteiger charge is -2.19. The Balaban J connectivity index is 0.00000242. The molecule has 5 nitrogen and oxygen atoms in total. The second kappa shape index (κ2) is 8.86. The van der Waals surface area contributed by atoms with Gasteiger partial charge in [-0.15, -0.1) is 12.4 Å².